The number of benzene rings is 2. The van der Waals surface area contributed by atoms with E-state index in [0.29, 0.717) is 5.02 Å². The highest BCUT2D eigenvalue weighted by Gasteiger charge is 2.24. The fourth-order valence-electron chi connectivity index (χ4n) is 2.46. The minimum absolute atomic E-state index is 0.0562. The lowest BCUT2D eigenvalue weighted by Crippen LogP contribution is -2.15. The Hall–Kier alpha value is -1.51. The van der Waals surface area contributed by atoms with Gasteiger partial charge in [0.25, 0.3) is 0 Å². The zero-order chi connectivity index (χ0) is 13.9. The maximum absolute atomic E-state index is 9.66. The fraction of sp³-hybridized carbons (Fsp3) is 0.294. The number of hydrogen-bond donors (Lipinski definition) is 2. The van der Waals surface area contributed by atoms with Crippen LogP contribution in [0.25, 0.3) is 0 Å². The Morgan fingerprint density at radius 3 is 2.65 bits per heavy atom. The van der Waals surface area contributed by atoms with Crippen LogP contribution in [0.1, 0.15) is 35.9 Å². The van der Waals surface area contributed by atoms with Gasteiger partial charge in [-0.05, 0) is 48.1 Å². The third kappa shape index (κ3) is 3.14. The van der Waals surface area contributed by atoms with E-state index in [0.717, 1.165) is 17.2 Å². The average molecular weight is 288 g/mol. The van der Waals surface area contributed by atoms with E-state index in [4.69, 9.17) is 11.6 Å². The van der Waals surface area contributed by atoms with Gasteiger partial charge in [-0.2, -0.15) is 0 Å². The van der Waals surface area contributed by atoms with Crippen molar-refractivity contribution < 1.29 is 5.11 Å². The minimum Gasteiger partial charge on any atom is -0.394 e. The largest absolute Gasteiger partial charge is 0.394 e. The lowest BCUT2D eigenvalue weighted by Gasteiger charge is -2.19. The lowest BCUT2D eigenvalue weighted by molar-refractivity contribution is 0.276. The fourth-order valence-corrected chi connectivity index (χ4v) is 2.65. The van der Waals surface area contributed by atoms with Crippen molar-refractivity contribution in [3.8, 4) is 0 Å². The molecule has 0 spiro atoms. The minimum atomic E-state index is -0.104. The van der Waals surface area contributed by atoms with Crippen LogP contribution in [0.4, 0.5) is 5.69 Å². The summed E-state index contributed by atoms with van der Waals surface area (Å²) in [4.78, 5) is 0. The first-order chi connectivity index (χ1) is 9.76. The second kappa shape index (κ2) is 5.86. The third-order valence-corrected chi connectivity index (χ3v) is 3.94. The van der Waals surface area contributed by atoms with E-state index in [1.165, 1.54) is 18.4 Å². The van der Waals surface area contributed by atoms with E-state index in [9.17, 15) is 5.11 Å². The average Bonchev–Trinajstić information content (AvgIpc) is 3.29. The molecule has 2 N–H and O–H groups in total. The number of halogens is 1. The van der Waals surface area contributed by atoms with Crippen molar-refractivity contribution in [3.63, 3.8) is 0 Å². The number of rotatable bonds is 5. The molecule has 1 aliphatic rings. The highest BCUT2D eigenvalue weighted by molar-refractivity contribution is 6.30. The second-order valence-electron chi connectivity index (χ2n) is 5.33. The summed E-state index contributed by atoms with van der Waals surface area (Å²) in [5.74, 6) is 0.723. The highest BCUT2D eigenvalue weighted by atomic mass is 35.5. The Bertz CT molecular complexity index is 595. The van der Waals surface area contributed by atoms with Gasteiger partial charge in [-0.3, -0.25) is 0 Å². The van der Waals surface area contributed by atoms with Gasteiger partial charge in [0, 0.05) is 10.7 Å². The first-order valence-electron chi connectivity index (χ1n) is 6.99. The molecule has 1 aliphatic carbocycles. The van der Waals surface area contributed by atoms with Gasteiger partial charge in [-0.1, -0.05) is 41.9 Å². The van der Waals surface area contributed by atoms with Crippen LogP contribution >= 0.6 is 11.6 Å². The second-order valence-corrected chi connectivity index (χ2v) is 5.77. The molecule has 0 saturated heterocycles. The predicted molar refractivity (Wildman–Crippen MR) is 83.3 cm³/mol. The predicted octanol–water partition coefficient (Wildman–Crippen LogP) is 4.36. The van der Waals surface area contributed by atoms with E-state index in [1.54, 1.807) is 0 Å². The Morgan fingerprint density at radius 2 is 1.95 bits per heavy atom. The summed E-state index contributed by atoms with van der Waals surface area (Å²) in [5.41, 5.74) is 3.43. The molecule has 1 atom stereocenters. The van der Waals surface area contributed by atoms with Crippen molar-refractivity contribution in [1.29, 1.82) is 0 Å². The van der Waals surface area contributed by atoms with Crippen LogP contribution in [0.5, 0.6) is 0 Å². The summed E-state index contributed by atoms with van der Waals surface area (Å²) < 4.78 is 0. The molecule has 0 bridgehead atoms. The van der Waals surface area contributed by atoms with Gasteiger partial charge in [-0.25, -0.2) is 0 Å². The summed E-state index contributed by atoms with van der Waals surface area (Å²) in [7, 11) is 0. The van der Waals surface area contributed by atoms with Crippen molar-refractivity contribution >= 4 is 17.3 Å². The Kier molecular flexibility index (Phi) is 3.95. The van der Waals surface area contributed by atoms with Crippen LogP contribution in [-0.2, 0) is 0 Å². The smallest absolute Gasteiger partial charge is 0.0745 e. The van der Waals surface area contributed by atoms with Crippen LogP contribution in [0.3, 0.4) is 0 Å². The molecule has 0 aliphatic heterocycles. The molecule has 2 aromatic carbocycles. The summed E-state index contributed by atoms with van der Waals surface area (Å²) in [5, 5.41) is 13.7. The van der Waals surface area contributed by atoms with Crippen LogP contribution < -0.4 is 5.32 Å². The number of hydrogen-bond acceptors (Lipinski definition) is 2. The molecule has 2 nitrogen and oxygen atoms in total. The number of aliphatic hydroxyl groups excluding tert-OH is 1. The molecule has 1 saturated carbocycles. The monoisotopic (exact) mass is 287 g/mol. The SMILES string of the molecule is OCC(Nc1cccc(Cl)c1)c1cccc(C2CC2)c1. The standard InChI is InChI=1S/C17H18ClNO/c18-15-5-2-6-16(10-15)19-17(11-20)14-4-1-3-13(9-14)12-7-8-12/h1-6,9-10,12,17,19-20H,7-8,11H2. The topological polar surface area (TPSA) is 32.3 Å². The van der Waals surface area contributed by atoms with Crippen molar-refractivity contribution in [3.05, 3.63) is 64.7 Å². The van der Waals surface area contributed by atoms with Crippen LogP contribution in [0.2, 0.25) is 5.02 Å². The maximum atomic E-state index is 9.66. The first-order valence-corrected chi connectivity index (χ1v) is 7.37. The first kappa shape index (κ1) is 13.5. The van der Waals surface area contributed by atoms with E-state index in [-0.39, 0.29) is 12.6 Å². The molecular weight excluding hydrogens is 270 g/mol. The van der Waals surface area contributed by atoms with Gasteiger partial charge in [0.2, 0.25) is 0 Å². The zero-order valence-corrected chi connectivity index (χ0v) is 12.0. The van der Waals surface area contributed by atoms with E-state index >= 15 is 0 Å². The molecule has 3 heteroatoms. The normalized spacial score (nSPS) is 15.9. The number of aliphatic hydroxyl groups is 1. The molecule has 104 valence electrons. The number of nitrogens with one attached hydrogen (secondary N) is 1. The van der Waals surface area contributed by atoms with Crippen molar-refractivity contribution in [1.82, 2.24) is 0 Å². The van der Waals surface area contributed by atoms with Gasteiger partial charge < -0.3 is 10.4 Å². The van der Waals surface area contributed by atoms with Gasteiger partial charge in [0.15, 0.2) is 0 Å². The molecule has 2 aromatic rings. The van der Waals surface area contributed by atoms with Gasteiger partial charge in [-0.15, -0.1) is 0 Å². The summed E-state index contributed by atoms with van der Waals surface area (Å²) >= 11 is 5.99. The van der Waals surface area contributed by atoms with Crippen molar-refractivity contribution in [2.75, 3.05) is 11.9 Å². The molecule has 0 heterocycles. The summed E-state index contributed by atoms with van der Waals surface area (Å²) in [6.45, 7) is 0.0562. The summed E-state index contributed by atoms with van der Waals surface area (Å²) in [6, 6.07) is 16.0. The van der Waals surface area contributed by atoms with E-state index in [2.05, 4.69) is 29.6 Å². The molecule has 1 unspecified atom stereocenters. The van der Waals surface area contributed by atoms with Crippen LogP contribution in [0, 0.1) is 0 Å². The Labute approximate surface area is 124 Å². The Morgan fingerprint density at radius 1 is 1.15 bits per heavy atom. The third-order valence-electron chi connectivity index (χ3n) is 3.71. The molecular formula is C17H18ClNO. The van der Waals surface area contributed by atoms with E-state index in [1.807, 2.05) is 24.3 Å². The van der Waals surface area contributed by atoms with E-state index < -0.39 is 0 Å². The van der Waals surface area contributed by atoms with Gasteiger partial charge >= 0.3 is 0 Å². The molecule has 20 heavy (non-hydrogen) atoms. The molecule has 3 rings (SSSR count). The molecule has 0 radical (unpaired) electrons. The molecule has 1 fully saturated rings. The highest BCUT2D eigenvalue weighted by Crippen LogP contribution is 2.40. The number of anilines is 1. The van der Waals surface area contributed by atoms with Crippen molar-refractivity contribution in [2.45, 2.75) is 24.8 Å². The van der Waals surface area contributed by atoms with Crippen LogP contribution in [-0.4, -0.2) is 11.7 Å². The van der Waals surface area contributed by atoms with Crippen LogP contribution in [0.15, 0.2) is 48.5 Å². The quantitative estimate of drug-likeness (QED) is 0.856. The van der Waals surface area contributed by atoms with Gasteiger partial charge in [0.05, 0.1) is 12.6 Å². The van der Waals surface area contributed by atoms with Crippen molar-refractivity contribution in [2.24, 2.45) is 0 Å². The Balaban J connectivity index is 1.80. The molecule has 0 aromatic heterocycles. The maximum Gasteiger partial charge on any atom is 0.0745 e. The summed E-state index contributed by atoms with van der Waals surface area (Å²) in [6.07, 6.45) is 2.57. The molecule has 0 amide bonds. The lowest BCUT2D eigenvalue weighted by atomic mass is 10.0. The van der Waals surface area contributed by atoms with Gasteiger partial charge in [0.1, 0.15) is 0 Å². The zero-order valence-electron chi connectivity index (χ0n) is 11.2.